The van der Waals surface area contributed by atoms with E-state index in [4.69, 9.17) is 10.5 Å². The van der Waals surface area contributed by atoms with Crippen molar-refractivity contribution in [1.82, 2.24) is 0 Å². The zero-order chi connectivity index (χ0) is 17.5. The third-order valence-electron chi connectivity index (χ3n) is 4.48. The first-order chi connectivity index (χ1) is 10.9. The van der Waals surface area contributed by atoms with Crippen LogP contribution in [0.15, 0.2) is 43.0 Å². The molecule has 0 saturated heterocycles. The van der Waals surface area contributed by atoms with E-state index in [1.54, 1.807) is 0 Å². The number of primary amides is 1. The van der Waals surface area contributed by atoms with Crippen LogP contribution < -0.4 is 5.73 Å². The number of nitrogens with two attached hydrogens (primary N) is 1. The van der Waals surface area contributed by atoms with Crippen molar-refractivity contribution in [2.24, 2.45) is 16.6 Å². The second kappa shape index (κ2) is 7.92. The lowest BCUT2D eigenvalue weighted by Crippen LogP contribution is -2.55. The molecule has 0 aliphatic heterocycles. The number of benzene rings is 1. The van der Waals surface area contributed by atoms with Crippen LogP contribution in [0.2, 0.25) is 0 Å². The van der Waals surface area contributed by atoms with Crippen molar-refractivity contribution in [2.45, 2.75) is 33.3 Å². The number of carbonyl (C=O) groups is 2. The highest BCUT2D eigenvalue weighted by atomic mass is 16.5. The molecule has 126 valence electrons. The SMILES string of the molecule is C=CC(CO)(CCC)C(C)(C(N)=O)C(=O)OCc1ccccc1. The molecule has 5 nitrogen and oxygen atoms in total. The van der Waals surface area contributed by atoms with Gasteiger partial charge in [0.2, 0.25) is 5.91 Å². The molecule has 0 fully saturated rings. The second-order valence-electron chi connectivity index (χ2n) is 5.82. The van der Waals surface area contributed by atoms with E-state index in [1.165, 1.54) is 13.0 Å². The van der Waals surface area contributed by atoms with Crippen molar-refractivity contribution in [2.75, 3.05) is 6.61 Å². The molecule has 0 radical (unpaired) electrons. The van der Waals surface area contributed by atoms with Gasteiger partial charge < -0.3 is 15.6 Å². The maximum atomic E-state index is 12.6. The fourth-order valence-corrected chi connectivity index (χ4v) is 2.72. The van der Waals surface area contributed by atoms with Crippen LogP contribution in [-0.4, -0.2) is 23.6 Å². The van der Waals surface area contributed by atoms with Gasteiger partial charge in [-0.2, -0.15) is 0 Å². The van der Waals surface area contributed by atoms with E-state index in [2.05, 4.69) is 6.58 Å². The topological polar surface area (TPSA) is 89.6 Å². The van der Waals surface area contributed by atoms with Gasteiger partial charge >= 0.3 is 5.97 Å². The number of aliphatic hydroxyl groups excluding tert-OH is 1. The summed E-state index contributed by atoms with van der Waals surface area (Å²) in [6.07, 6.45) is 2.49. The predicted molar refractivity (Wildman–Crippen MR) is 88.2 cm³/mol. The Morgan fingerprint density at radius 1 is 1.35 bits per heavy atom. The molecule has 0 bridgehead atoms. The molecular formula is C18H25NO4. The quantitative estimate of drug-likeness (QED) is 0.415. The average molecular weight is 319 g/mol. The number of hydrogen-bond acceptors (Lipinski definition) is 4. The highest BCUT2D eigenvalue weighted by molar-refractivity contribution is 6.02. The van der Waals surface area contributed by atoms with Crippen LogP contribution in [0.3, 0.4) is 0 Å². The average Bonchev–Trinajstić information content (AvgIpc) is 2.57. The fraction of sp³-hybridized carbons (Fsp3) is 0.444. The first-order valence-electron chi connectivity index (χ1n) is 7.63. The molecule has 0 aliphatic rings. The van der Waals surface area contributed by atoms with Gasteiger partial charge in [0.05, 0.1) is 6.61 Å². The third kappa shape index (κ3) is 3.62. The van der Waals surface area contributed by atoms with Gasteiger partial charge in [-0.05, 0) is 18.9 Å². The fourth-order valence-electron chi connectivity index (χ4n) is 2.72. The number of hydrogen-bond donors (Lipinski definition) is 2. The molecule has 0 aromatic heterocycles. The molecule has 2 atom stereocenters. The zero-order valence-electron chi connectivity index (χ0n) is 13.7. The summed E-state index contributed by atoms with van der Waals surface area (Å²) >= 11 is 0. The van der Waals surface area contributed by atoms with Crippen LogP contribution in [0.1, 0.15) is 32.3 Å². The number of rotatable bonds is 9. The van der Waals surface area contributed by atoms with Crippen LogP contribution in [-0.2, 0) is 20.9 Å². The first-order valence-corrected chi connectivity index (χ1v) is 7.63. The summed E-state index contributed by atoms with van der Waals surface area (Å²) in [5, 5.41) is 9.84. The minimum Gasteiger partial charge on any atom is -0.460 e. The molecule has 5 heteroatoms. The van der Waals surface area contributed by atoms with E-state index in [9.17, 15) is 14.7 Å². The van der Waals surface area contributed by atoms with E-state index in [0.717, 1.165) is 5.56 Å². The summed E-state index contributed by atoms with van der Waals surface area (Å²) in [4.78, 5) is 24.7. The summed E-state index contributed by atoms with van der Waals surface area (Å²) in [5.41, 5.74) is 3.47. The molecule has 23 heavy (non-hydrogen) atoms. The normalized spacial score (nSPS) is 16.0. The number of carbonyl (C=O) groups excluding carboxylic acids is 2. The maximum Gasteiger partial charge on any atom is 0.322 e. The summed E-state index contributed by atoms with van der Waals surface area (Å²) in [6.45, 7) is 6.63. The van der Waals surface area contributed by atoms with Gasteiger partial charge in [-0.1, -0.05) is 49.8 Å². The second-order valence-corrected chi connectivity index (χ2v) is 5.82. The van der Waals surface area contributed by atoms with Gasteiger partial charge in [-0.15, -0.1) is 6.58 Å². The molecule has 0 saturated carbocycles. The van der Waals surface area contributed by atoms with Gasteiger partial charge in [0.15, 0.2) is 5.41 Å². The number of amides is 1. The van der Waals surface area contributed by atoms with Gasteiger partial charge in [0.25, 0.3) is 0 Å². The maximum absolute atomic E-state index is 12.6. The van der Waals surface area contributed by atoms with Gasteiger partial charge in [0, 0.05) is 5.41 Å². The Morgan fingerprint density at radius 3 is 2.39 bits per heavy atom. The highest BCUT2D eigenvalue weighted by Crippen LogP contribution is 2.45. The number of ether oxygens (including phenoxy) is 1. The molecule has 1 rings (SSSR count). The Hall–Kier alpha value is -2.14. The molecule has 0 aliphatic carbocycles. The lowest BCUT2D eigenvalue weighted by Gasteiger charge is -2.41. The molecule has 2 unspecified atom stereocenters. The summed E-state index contributed by atoms with van der Waals surface area (Å²) < 4.78 is 5.31. The zero-order valence-corrected chi connectivity index (χ0v) is 13.7. The predicted octanol–water partition coefficient (Wildman–Crippen LogP) is 2.19. The van der Waals surface area contributed by atoms with Crippen LogP contribution in [0.4, 0.5) is 0 Å². The van der Waals surface area contributed by atoms with Crippen molar-refractivity contribution < 1.29 is 19.4 Å². The first kappa shape index (κ1) is 18.9. The van der Waals surface area contributed by atoms with Gasteiger partial charge in [0.1, 0.15) is 6.61 Å². The summed E-state index contributed by atoms with van der Waals surface area (Å²) in [5.74, 6) is -1.59. The largest absolute Gasteiger partial charge is 0.460 e. The van der Waals surface area contributed by atoms with Crippen molar-refractivity contribution in [3.05, 3.63) is 48.6 Å². The Bertz CT molecular complexity index is 557. The van der Waals surface area contributed by atoms with Crippen LogP contribution in [0.5, 0.6) is 0 Å². The van der Waals surface area contributed by atoms with Crippen molar-refractivity contribution >= 4 is 11.9 Å². The minimum absolute atomic E-state index is 0.0350. The highest BCUT2D eigenvalue weighted by Gasteiger charge is 2.56. The minimum atomic E-state index is -1.69. The van der Waals surface area contributed by atoms with Crippen LogP contribution in [0, 0.1) is 10.8 Å². The number of aliphatic hydroxyl groups is 1. The third-order valence-corrected chi connectivity index (χ3v) is 4.48. The van der Waals surface area contributed by atoms with E-state index >= 15 is 0 Å². The number of esters is 1. The molecular weight excluding hydrogens is 294 g/mol. The van der Waals surface area contributed by atoms with Gasteiger partial charge in [-0.25, -0.2) is 0 Å². The molecule has 3 N–H and O–H groups in total. The van der Waals surface area contributed by atoms with Crippen molar-refractivity contribution in [3.8, 4) is 0 Å². The van der Waals surface area contributed by atoms with Crippen molar-refractivity contribution in [1.29, 1.82) is 0 Å². The monoisotopic (exact) mass is 319 g/mol. The van der Waals surface area contributed by atoms with Crippen LogP contribution in [0.25, 0.3) is 0 Å². The lowest BCUT2D eigenvalue weighted by molar-refractivity contribution is -0.170. The van der Waals surface area contributed by atoms with E-state index in [1.807, 2.05) is 37.3 Å². The lowest BCUT2D eigenvalue weighted by atomic mass is 9.62. The summed E-state index contributed by atoms with van der Waals surface area (Å²) in [7, 11) is 0. The molecule has 1 amide bonds. The molecule has 1 aromatic rings. The molecule has 0 spiro atoms. The van der Waals surface area contributed by atoms with Crippen molar-refractivity contribution in [3.63, 3.8) is 0 Å². The standard InChI is InChI=1S/C18H25NO4/c1-4-11-18(5-2,13-20)17(3,15(19)21)16(22)23-12-14-9-7-6-8-10-14/h5-10,20H,2,4,11-13H2,1,3H3,(H2,19,21). The Kier molecular flexibility index (Phi) is 6.51. The Morgan fingerprint density at radius 2 is 1.96 bits per heavy atom. The molecule has 0 heterocycles. The summed E-state index contributed by atoms with van der Waals surface area (Å²) in [6, 6.07) is 9.14. The van der Waals surface area contributed by atoms with E-state index in [0.29, 0.717) is 12.8 Å². The van der Waals surface area contributed by atoms with E-state index in [-0.39, 0.29) is 6.61 Å². The van der Waals surface area contributed by atoms with Gasteiger partial charge in [-0.3, -0.25) is 9.59 Å². The Balaban J connectivity index is 3.09. The molecule has 1 aromatic carbocycles. The smallest absolute Gasteiger partial charge is 0.322 e. The van der Waals surface area contributed by atoms with E-state index < -0.39 is 29.3 Å². The Labute approximate surface area is 137 Å². The van der Waals surface area contributed by atoms with Crippen LogP contribution >= 0.6 is 0 Å².